The average molecular weight is 273 g/mol. The molecule has 0 spiro atoms. The topological polar surface area (TPSA) is 26.0 Å². The fourth-order valence-electron chi connectivity index (χ4n) is 3.37. The molecule has 2 N–H and O–H groups in total. The summed E-state index contributed by atoms with van der Waals surface area (Å²) in [7, 11) is 0. The molecule has 0 amide bonds. The normalized spacial score (nSPS) is 22.1. The summed E-state index contributed by atoms with van der Waals surface area (Å²) in [5, 5.41) is 0. The van der Waals surface area contributed by atoms with Gasteiger partial charge in [-0.05, 0) is 60.5 Å². The smallest absolute Gasteiger partial charge is 0.00473 e. The molecule has 0 saturated carbocycles. The molecule has 1 aliphatic carbocycles. The predicted octanol–water partition coefficient (Wildman–Crippen LogP) is 4.90. The van der Waals surface area contributed by atoms with Gasteiger partial charge in [0.25, 0.3) is 0 Å². The van der Waals surface area contributed by atoms with E-state index in [1.807, 2.05) is 0 Å². The standard InChI is InChI=1S/C19H31N/c1-14(19(2,3)4)12-17(20)13-16-10-7-9-15-8-5-6-11-18(15)16/h5-6,8,11,14,16-17H,7,9-10,12-13,20H2,1-4H3. The van der Waals surface area contributed by atoms with Crippen LogP contribution < -0.4 is 5.73 Å². The van der Waals surface area contributed by atoms with Crippen LogP contribution in [0.15, 0.2) is 24.3 Å². The third-order valence-electron chi connectivity index (χ3n) is 5.22. The van der Waals surface area contributed by atoms with Crippen LogP contribution in [0.1, 0.15) is 70.4 Å². The van der Waals surface area contributed by atoms with Crippen LogP contribution in [-0.2, 0) is 6.42 Å². The summed E-state index contributed by atoms with van der Waals surface area (Å²) >= 11 is 0. The van der Waals surface area contributed by atoms with Gasteiger partial charge in [-0.1, -0.05) is 52.0 Å². The highest BCUT2D eigenvalue weighted by Gasteiger charge is 2.26. The number of benzene rings is 1. The van der Waals surface area contributed by atoms with E-state index in [1.165, 1.54) is 19.3 Å². The lowest BCUT2D eigenvalue weighted by Crippen LogP contribution is -2.30. The van der Waals surface area contributed by atoms with E-state index in [0.717, 1.165) is 12.8 Å². The third kappa shape index (κ3) is 3.85. The zero-order chi connectivity index (χ0) is 14.8. The van der Waals surface area contributed by atoms with Crippen LogP contribution in [0.4, 0.5) is 0 Å². The summed E-state index contributed by atoms with van der Waals surface area (Å²) in [5.41, 5.74) is 9.95. The maximum Gasteiger partial charge on any atom is 0.00473 e. The van der Waals surface area contributed by atoms with Crippen molar-refractivity contribution in [2.45, 2.75) is 71.8 Å². The van der Waals surface area contributed by atoms with Crippen LogP contribution in [0.25, 0.3) is 0 Å². The minimum Gasteiger partial charge on any atom is -0.328 e. The van der Waals surface area contributed by atoms with E-state index < -0.39 is 0 Å². The second-order valence-electron chi connectivity index (χ2n) is 7.79. The van der Waals surface area contributed by atoms with Gasteiger partial charge >= 0.3 is 0 Å². The van der Waals surface area contributed by atoms with Crippen LogP contribution >= 0.6 is 0 Å². The summed E-state index contributed by atoms with van der Waals surface area (Å²) < 4.78 is 0. The molecule has 3 atom stereocenters. The molecule has 0 aliphatic heterocycles. The van der Waals surface area contributed by atoms with E-state index in [2.05, 4.69) is 52.0 Å². The number of rotatable bonds is 4. The highest BCUT2D eigenvalue weighted by Crippen LogP contribution is 2.36. The van der Waals surface area contributed by atoms with Gasteiger partial charge in [-0.2, -0.15) is 0 Å². The van der Waals surface area contributed by atoms with Gasteiger partial charge in [-0.3, -0.25) is 0 Å². The second kappa shape index (κ2) is 6.30. The highest BCUT2D eigenvalue weighted by atomic mass is 14.6. The van der Waals surface area contributed by atoms with Gasteiger partial charge in [0.2, 0.25) is 0 Å². The van der Waals surface area contributed by atoms with Crippen molar-refractivity contribution in [1.29, 1.82) is 0 Å². The SMILES string of the molecule is CC(CC(N)CC1CCCc2ccccc21)C(C)(C)C. The Morgan fingerprint density at radius 1 is 1.25 bits per heavy atom. The molecular formula is C19H31N. The van der Waals surface area contributed by atoms with Crippen molar-refractivity contribution in [3.63, 3.8) is 0 Å². The summed E-state index contributed by atoms with van der Waals surface area (Å²) in [6.45, 7) is 9.30. The van der Waals surface area contributed by atoms with Crippen molar-refractivity contribution in [3.05, 3.63) is 35.4 Å². The minimum absolute atomic E-state index is 0.334. The molecule has 1 nitrogen and oxygen atoms in total. The first-order chi connectivity index (χ1) is 9.38. The Morgan fingerprint density at radius 3 is 2.65 bits per heavy atom. The molecule has 1 aromatic rings. The van der Waals surface area contributed by atoms with Gasteiger partial charge < -0.3 is 5.73 Å². The Kier molecular flexibility index (Phi) is 4.90. The maximum absolute atomic E-state index is 6.46. The summed E-state index contributed by atoms with van der Waals surface area (Å²) in [6.07, 6.45) is 6.18. The number of fused-ring (bicyclic) bond motifs is 1. The minimum atomic E-state index is 0.334. The van der Waals surface area contributed by atoms with Crippen molar-refractivity contribution in [1.82, 2.24) is 0 Å². The van der Waals surface area contributed by atoms with Crippen molar-refractivity contribution in [3.8, 4) is 0 Å². The lowest BCUT2D eigenvalue weighted by atomic mass is 9.75. The Bertz CT molecular complexity index is 430. The Morgan fingerprint density at radius 2 is 1.95 bits per heavy atom. The molecular weight excluding hydrogens is 242 g/mol. The first-order valence-electron chi connectivity index (χ1n) is 8.21. The first-order valence-corrected chi connectivity index (χ1v) is 8.21. The number of nitrogens with two attached hydrogens (primary N) is 1. The molecule has 0 aromatic heterocycles. The molecule has 112 valence electrons. The van der Waals surface area contributed by atoms with Crippen LogP contribution in [-0.4, -0.2) is 6.04 Å². The van der Waals surface area contributed by atoms with Crippen LogP contribution in [0.2, 0.25) is 0 Å². The molecule has 1 aliphatic rings. The van der Waals surface area contributed by atoms with Crippen molar-refractivity contribution in [2.24, 2.45) is 17.1 Å². The van der Waals surface area contributed by atoms with E-state index >= 15 is 0 Å². The Hall–Kier alpha value is -0.820. The fraction of sp³-hybridized carbons (Fsp3) is 0.684. The van der Waals surface area contributed by atoms with E-state index in [4.69, 9.17) is 5.73 Å². The molecule has 1 heteroatoms. The molecule has 20 heavy (non-hydrogen) atoms. The van der Waals surface area contributed by atoms with Gasteiger partial charge in [-0.15, -0.1) is 0 Å². The lowest BCUT2D eigenvalue weighted by molar-refractivity contribution is 0.227. The third-order valence-corrected chi connectivity index (χ3v) is 5.22. The molecule has 0 saturated heterocycles. The summed E-state index contributed by atoms with van der Waals surface area (Å²) in [6, 6.07) is 9.30. The first kappa shape index (κ1) is 15.6. The largest absolute Gasteiger partial charge is 0.328 e. The van der Waals surface area contributed by atoms with Crippen molar-refractivity contribution in [2.75, 3.05) is 0 Å². The molecule has 1 aromatic carbocycles. The summed E-state index contributed by atoms with van der Waals surface area (Å²) in [5.74, 6) is 1.36. The van der Waals surface area contributed by atoms with Gasteiger partial charge in [-0.25, -0.2) is 0 Å². The zero-order valence-corrected chi connectivity index (χ0v) is 13.7. The van der Waals surface area contributed by atoms with Crippen LogP contribution in [0.3, 0.4) is 0 Å². The van der Waals surface area contributed by atoms with Gasteiger partial charge in [0, 0.05) is 6.04 Å². The molecule has 2 rings (SSSR count). The van der Waals surface area contributed by atoms with Crippen LogP contribution in [0.5, 0.6) is 0 Å². The van der Waals surface area contributed by atoms with Gasteiger partial charge in [0.05, 0.1) is 0 Å². The number of hydrogen-bond acceptors (Lipinski definition) is 1. The van der Waals surface area contributed by atoms with Crippen molar-refractivity contribution < 1.29 is 0 Å². The summed E-state index contributed by atoms with van der Waals surface area (Å²) in [4.78, 5) is 0. The zero-order valence-electron chi connectivity index (χ0n) is 13.7. The van der Waals surface area contributed by atoms with Crippen molar-refractivity contribution >= 4 is 0 Å². The Labute approximate surface area is 125 Å². The van der Waals surface area contributed by atoms with E-state index in [-0.39, 0.29) is 0 Å². The van der Waals surface area contributed by atoms with E-state index in [1.54, 1.807) is 11.1 Å². The quantitative estimate of drug-likeness (QED) is 0.830. The van der Waals surface area contributed by atoms with Gasteiger partial charge in [0.1, 0.15) is 0 Å². The second-order valence-corrected chi connectivity index (χ2v) is 7.79. The molecule has 0 radical (unpaired) electrons. The predicted molar refractivity (Wildman–Crippen MR) is 87.9 cm³/mol. The van der Waals surface area contributed by atoms with Crippen LogP contribution in [0, 0.1) is 11.3 Å². The monoisotopic (exact) mass is 273 g/mol. The van der Waals surface area contributed by atoms with E-state index in [9.17, 15) is 0 Å². The van der Waals surface area contributed by atoms with Gasteiger partial charge in [0.15, 0.2) is 0 Å². The molecule has 3 unspecified atom stereocenters. The molecule has 0 bridgehead atoms. The number of aryl methyl sites for hydroxylation is 1. The van der Waals surface area contributed by atoms with E-state index in [0.29, 0.717) is 23.3 Å². The molecule has 0 fully saturated rings. The Balaban J connectivity index is 1.97. The highest BCUT2D eigenvalue weighted by molar-refractivity contribution is 5.32. The average Bonchev–Trinajstić information content (AvgIpc) is 2.38. The molecule has 0 heterocycles. The fourth-order valence-corrected chi connectivity index (χ4v) is 3.37. The number of hydrogen-bond donors (Lipinski definition) is 1. The maximum atomic E-state index is 6.46. The lowest BCUT2D eigenvalue weighted by Gasteiger charge is -2.32.